The van der Waals surface area contributed by atoms with Crippen LogP contribution in [0.2, 0.25) is 0 Å². The number of aryl methyl sites for hydroxylation is 1. The molecule has 1 amide bonds. The molecule has 0 saturated carbocycles. The minimum Gasteiger partial charge on any atom is -0.355 e. The van der Waals surface area contributed by atoms with Crippen molar-refractivity contribution in [3.8, 4) is 0 Å². The number of carbonyl (C=O) groups is 1. The summed E-state index contributed by atoms with van der Waals surface area (Å²) < 4.78 is 0. The van der Waals surface area contributed by atoms with Gasteiger partial charge in [-0.15, -0.1) is 5.10 Å². The van der Waals surface area contributed by atoms with E-state index in [1.54, 1.807) is 0 Å². The lowest BCUT2D eigenvalue weighted by Crippen LogP contribution is -2.26. The van der Waals surface area contributed by atoms with Crippen LogP contribution in [0.3, 0.4) is 0 Å². The Kier molecular flexibility index (Phi) is 7.06. The van der Waals surface area contributed by atoms with E-state index in [0.29, 0.717) is 22.7 Å². The molecular formula is C18H24N4OS. The van der Waals surface area contributed by atoms with Gasteiger partial charge in [-0.05, 0) is 36.5 Å². The summed E-state index contributed by atoms with van der Waals surface area (Å²) in [4.78, 5) is 16.1. The maximum atomic E-state index is 11.7. The zero-order valence-electron chi connectivity index (χ0n) is 14.4. The van der Waals surface area contributed by atoms with Crippen molar-refractivity contribution in [2.45, 2.75) is 32.3 Å². The van der Waals surface area contributed by atoms with Gasteiger partial charge in [0, 0.05) is 6.54 Å². The first kappa shape index (κ1) is 18.3. The van der Waals surface area contributed by atoms with Gasteiger partial charge >= 0.3 is 0 Å². The quantitative estimate of drug-likeness (QED) is 0.719. The molecule has 2 aromatic rings. The average molecular weight is 344 g/mol. The van der Waals surface area contributed by atoms with Gasteiger partial charge in [0.25, 0.3) is 0 Å². The number of hydrogen-bond acceptors (Lipinski definition) is 4. The number of nitrogens with zero attached hydrogens (tertiary/aromatic N) is 2. The Hall–Kier alpha value is -2.08. The van der Waals surface area contributed by atoms with Gasteiger partial charge in [0.1, 0.15) is 5.82 Å². The summed E-state index contributed by atoms with van der Waals surface area (Å²) in [6.45, 7) is 7.07. The van der Waals surface area contributed by atoms with E-state index in [9.17, 15) is 4.79 Å². The standard InChI is InChI=1S/C18H24N4OS/c1-13(2)10-11-19-17(23)12-24-18-20-16(21-22-18)9-8-15-7-5-4-6-14(15)3/h4-9,13H,10-12H2,1-3H3,(H,19,23)(H,20,21,22)/b9-8+. The number of thioether (sulfide) groups is 1. The summed E-state index contributed by atoms with van der Waals surface area (Å²) in [5, 5.41) is 10.5. The van der Waals surface area contributed by atoms with Gasteiger partial charge in [-0.25, -0.2) is 4.98 Å². The normalized spacial score (nSPS) is 11.3. The lowest BCUT2D eigenvalue weighted by Gasteiger charge is -2.05. The zero-order valence-corrected chi connectivity index (χ0v) is 15.2. The van der Waals surface area contributed by atoms with Crippen LogP contribution in [0.25, 0.3) is 12.2 Å². The van der Waals surface area contributed by atoms with Crippen LogP contribution in [0.15, 0.2) is 29.4 Å². The van der Waals surface area contributed by atoms with Crippen LogP contribution in [0, 0.1) is 12.8 Å². The second-order valence-electron chi connectivity index (χ2n) is 6.01. The molecule has 24 heavy (non-hydrogen) atoms. The number of aromatic nitrogens is 3. The Bertz CT molecular complexity index is 694. The van der Waals surface area contributed by atoms with E-state index >= 15 is 0 Å². The number of aromatic amines is 1. The number of H-pyrrole nitrogens is 1. The summed E-state index contributed by atoms with van der Waals surface area (Å²) in [5.74, 6) is 1.62. The molecule has 0 atom stereocenters. The van der Waals surface area contributed by atoms with E-state index in [4.69, 9.17) is 0 Å². The monoisotopic (exact) mass is 344 g/mol. The van der Waals surface area contributed by atoms with Gasteiger partial charge in [0.15, 0.2) is 0 Å². The van der Waals surface area contributed by atoms with Crippen LogP contribution in [0.4, 0.5) is 0 Å². The lowest BCUT2D eigenvalue weighted by molar-refractivity contribution is -0.118. The number of nitrogens with one attached hydrogen (secondary N) is 2. The van der Waals surface area contributed by atoms with E-state index in [1.807, 2.05) is 24.3 Å². The highest BCUT2D eigenvalue weighted by atomic mass is 32.2. The van der Waals surface area contributed by atoms with Crippen LogP contribution < -0.4 is 5.32 Å². The number of rotatable bonds is 8. The van der Waals surface area contributed by atoms with Crippen LogP contribution in [0.1, 0.15) is 37.2 Å². The molecule has 6 heteroatoms. The summed E-state index contributed by atoms with van der Waals surface area (Å²) in [6.07, 6.45) is 4.88. The van der Waals surface area contributed by atoms with Crippen molar-refractivity contribution in [3.63, 3.8) is 0 Å². The predicted molar refractivity (Wildman–Crippen MR) is 99.7 cm³/mol. The van der Waals surface area contributed by atoms with Crippen molar-refractivity contribution in [2.24, 2.45) is 5.92 Å². The second kappa shape index (κ2) is 9.27. The van der Waals surface area contributed by atoms with Gasteiger partial charge in [0.05, 0.1) is 5.75 Å². The fraction of sp³-hybridized carbons (Fsp3) is 0.389. The minimum absolute atomic E-state index is 0.0162. The number of hydrogen-bond donors (Lipinski definition) is 2. The Labute approximate surface area is 147 Å². The molecule has 1 heterocycles. The molecule has 0 radical (unpaired) electrons. The van der Waals surface area contributed by atoms with E-state index in [0.717, 1.165) is 18.5 Å². The maximum Gasteiger partial charge on any atom is 0.230 e. The first-order chi connectivity index (χ1) is 11.5. The summed E-state index contributed by atoms with van der Waals surface area (Å²) in [6, 6.07) is 8.15. The molecule has 0 fully saturated rings. The maximum absolute atomic E-state index is 11.7. The van der Waals surface area contributed by atoms with Crippen molar-refractivity contribution in [3.05, 3.63) is 41.2 Å². The van der Waals surface area contributed by atoms with Crippen LogP contribution in [-0.2, 0) is 4.79 Å². The molecule has 128 valence electrons. The molecule has 0 aliphatic rings. The van der Waals surface area contributed by atoms with Gasteiger partial charge in [-0.2, -0.15) is 0 Å². The van der Waals surface area contributed by atoms with Gasteiger partial charge < -0.3 is 5.32 Å². The van der Waals surface area contributed by atoms with Crippen LogP contribution in [0.5, 0.6) is 0 Å². The fourth-order valence-electron chi connectivity index (χ4n) is 2.02. The third kappa shape index (κ3) is 6.20. The molecule has 2 rings (SSSR count). The van der Waals surface area contributed by atoms with Gasteiger partial charge in [-0.1, -0.05) is 56.0 Å². The van der Waals surface area contributed by atoms with Crippen LogP contribution in [-0.4, -0.2) is 33.4 Å². The molecule has 1 aromatic carbocycles. The number of benzene rings is 1. The lowest BCUT2D eigenvalue weighted by atomic mass is 10.1. The summed E-state index contributed by atoms with van der Waals surface area (Å²) in [7, 11) is 0. The summed E-state index contributed by atoms with van der Waals surface area (Å²) in [5.41, 5.74) is 2.36. The number of amides is 1. The molecule has 0 aliphatic carbocycles. The topological polar surface area (TPSA) is 70.7 Å². The van der Waals surface area contributed by atoms with Crippen molar-refractivity contribution in [1.82, 2.24) is 20.5 Å². The number of carbonyl (C=O) groups excluding carboxylic acids is 1. The molecule has 0 spiro atoms. The SMILES string of the molecule is Cc1ccccc1/C=C/c1nc(SCC(=O)NCCC(C)C)n[nH]1. The molecule has 0 bridgehead atoms. The predicted octanol–water partition coefficient (Wildman–Crippen LogP) is 3.54. The summed E-state index contributed by atoms with van der Waals surface area (Å²) >= 11 is 1.33. The third-order valence-electron chi connectivity index (χ3n) is 3.47. The third-order valence-corrected chi connectivity index (χ3v) is 4.31. The first-order valence-electron chi connectivity index (χ1n) is 8.10. The van der Waals surface area contributed by atoms with Gasteiger partial charge in [0.2, 0.25) is 11.1 Å². The Balaban J connectivity index is 1.81. The highest BCUT2D eigenvalue weighted by molar-refractivity contribution is 7.99. The largest absolute Gasteiger partial charge is 0.355 e. The highest BCUT2D eigenvalue weighted by Gasteiger charge is 2.06. The highest BCUT2D eigenvalue weighted by Crippen LogP contribution is 2.14. The van der Waals surface area contributed by atoms with E-state index in [2.05, 4.69) is 53.4 Å². The van der Waals surface area contributed by atoms with Crippen molar-refractivity contribution < 1.29 is 4.79 Å². The fourth-order valence-corrected chi connectivity index (χ4v) is 2.66. The van der Waals surface area contributed by atoms with E-state index in [-0.39, 0.29) is 5.91 Å². The van der Waals surface area contributed by atoms with E-state index < -0.39 is 0 Å². The van der Waals surface area contributed by atoms with Crippen molar-refractivity contribution in [1.29, 1.82) is 0 Å². The molecular weight excluding hydrogens is 320 g/mol. The Morgan fingerprint density at radius 3 is 2.88 bits per heavy atom. The van der Waals surface area contributed by atoms with E-state index in [1.165, 1.54) is 17.3 Å². The molecule has 1 aromatic heterocycles. The minimum atomic E-state index is 0.0162. The molecule has 2 N–H and O–H groups in total. The Morgan fingerprint density at radius 2 is 2.12 bits per heavy atom. The average Bonchev–Trinajstić information content (AvgIpc) is 3.00. The van der Waals surface area contributed by atoms with Crippen molar-refractivity contribution in [2.75, 3.05) is 12.3 Å². The molecule has 0 aliphatic heterocycles. The van der Waals surface area contributed by atoms with Gasteiger partial charge in [-0.3, -0.25) is 9.89 Å². The smallest absolute Gasteiger partial charge is 0.230 e. The first-order valence-corrected chi connectivity index (χ1v) is 9.09. The molecule has 0 saturated heterocycles. The second-order valence-corrected chi connectivity index (χ2v) is 6.96. The Morgan fingerprint density at radius 1 is 1.33 bits per heavy atom. The molecule has 5 nitrogen and oxygen atoms in total. The zero-order chi connectivity index (χ0) is 17.4. The molecule has 0 unspecified atom stereocenters. The van der Waals surface area contributed by atoms with Crippen LogP contribution >= 0.6 is 11.8 Å². The van der Waals surface area contributed by atoms with Crippen molar-refractivity contribution >= 4 is 29.8 Å².